The first kappa shape index (κ1) is 7.51. The third kappa shape index (κ3) is 1.92. The molecule has 3 heteroatoms. The second-order valence-electron chi connectivity index (χ2n) is 2.61. The van der Waals surface area contributed by atoms with Gasteiger partial charge in [0.15, 0.2) is 0 Å². The Hall–Kier alpha value is 0.400. The Bertz CT molecular complexity index is 91.1. The Morgan fingerprint density at radius 2 is 2.00 bits per heavy atom. The first-order valence-corrected chi connectivity index (χ1v) is 4.38. The molecule has 2 nitrogen and oxygen atoms in total. The molecule has 0 unspecified atom stereocenters. The van der Waals surface area contributed by atoms with Gasteiger partial charge in [-0.3, -0.25) is 0 Å². The normalized spacial score (nSPS) is 26.0. The van der Waals surface area contributed by atoms with Gasteiger partial charge in [0, 0.05) is 5.33 Å². The lowest BCUT2D eigenvalue weighted by Gasteiger charge is -2.30. The van der Waals surface area contributed by atoms with E-state index in [1.54, 1.807) is 0 Å². The number of alkyl halides is 1. The van der Waals surface area contributed by atoms with Crippen molar-refractivity contribution in [3.63, 3.8) is 0 Å². The Morgan fingerprint density at radius 3 is 2.33 bits per heavy atom. The van der Waals surface area contributed by atoms with Crippen LogP contribution in [0.15, 0.2) is 0 Å². The van der Waals surface area contributed by atoms with Crippen LogP contribution in [0.1, 0.15) is 12.8 Å². The van der Waals surface area contributed by atoms with Gasteiger partial charge in [-0.1, -0.05) is 15.9 Å². The van der Waals surface area contributed by atoms with E-state index in [0.29, 0.717) is 5.33 Å². The molecule has 0 aliphatic carbocycles. The van der Waals surface area contributed by atoms with E-state index in [0.717, 1.165) is 25.9 Å². The summed E-state index contributed by atoms with van der Waals surface area (Å²) in [6.45, 7) is 1.89. The van der Waals surface area contributed by atoms with Crippen LogP contribution in [-0.4, -0.2) is 29.1 Å². The molecule has 0 bridgehead atoms. The van der Waals surface area contributed by atoms with Crippen molar-refractivity contribution >= 4 is 15.9 Å². The van der Waals surface area contributed by atoms with Gasteiger partial charge >= 0.3 is 0 Å². The molecule has 0 aromatic rings. The highest BCUT2D eigenvalue weighted by Gasteiger charge is 2.26. The second kappa shape index (κ2) is 2.99. The van der Waals surface area contributed by atoms with E-state index in [4.69, 9.17) is 0 Å². The molecule has 0 aromatic carbocycles. The predicted molar refractivity (Wildman–Crippen MR) is 40.8 cm³/mol. The quantitative estimate of drug-likeness (QED) is 0.595. The molecule has 1 heterocycles. The fourth-order valence-electron chi connectivity index (χ4n) is 1.03. The highest BCUT2D eigenvalue weighted by atomic mass is 79.9. The number of hydrogen-bond donors (Lipinski definition) is 2. The molecule has 0 amide bonds. The summed E-state index contributed by atoms with van der Waals surface area (Å²) in [5.74, 6) is 0. The lowest BCUT2D eigenvalue weighted by atomic mass is 9.95. The van der Waals surface area contributed by atoms with Crippen LogP contribution >= 0.6 is 15.9 Å². The van der Waals surface area contributed by atoms with Crippen molar-refractivity contribution in [3.05, 3.63) is 0 Å². The van der Waals surface area contributed by atoms with Gasteiger partial charge in [-0.05, 0) is 25.9 Å². The minimum atomic E-state index is -0.425. The summed E-state index contributed by atoms with van der Waals surface area (Å²) in [5, 5.41) is 13.5. The molecule has 1 saturated heterocycles. The fourth-order valence-corrected chi connectivity index (χ4v) is 1.59. The molecule has 0 saturated carbocycles. The molecule has 0 radical (unpaired) electrons. The van der Waals surface area contributed by atoms with Gasteiger partial charge in [-0.25, -0.2) is 0 Å². The lowest BCUT2D eigenvalue weighted by molar-refractivity contribution is 0.0351. The molecule has 0 atom stereocenters. The largest absolute Gasteiger partial charge is 0.389 e. The fraction of sp³-hybridized carbons (Fsp3) is 1.00. The molecule has 0 aromatic heterocycles. The Morgan fingerprint density at radius 1 is 1.44 bits per heavy atom. The summed E-state index contributed by atoms with van der Waals surface area (Å²) in [7, 11) is 0. The van der Waals surface area contributed by atoms with Gasteiger partial charge in [-0.2, -0.15) is 0 Å². The van der Waals surface area contributed by atoms with Crippen LogP contribution in [0.3, 0.4) is 0 Å². The van der Waals surface area contributed by atoms with Gasteiger partial charge < -0.3 is 10.4 Å². The lowest BCUT2D eigenvalue weighted by Crippen LogP contribution is -2.42. The Balaban J connectivity index is 2.37. The van der Waals surface area contributed by atoms with E-state index >= 15 is 0 Å². The monoisotopic (exact) mass is 193 g/mol. The van der Waals surface area contributed by atoms with Gasteiger partial charge in [-0.15, -0.1) is 0 Å². The van der Waals surface area contributed by atoms with Gasteiger partial charge in [0.2, 0.25) is 0 Å². The maximum absolute atomic E-state index is 9.59. The summed E-state index contributed by atoms with van der Waals surface area (Å²) in [4.78, 5) is 0. The van der Waals surface area contributed by atoms with Crippen LogP contribution in [0.5, 0.6) is 0 Å². The van der Waals surface area contributed by atoms with Crippen molar-refractivity contribution in [2.75, 3.05) is 18.4 Å². The summed E-state index contributed by atoms with van der Waals surface area (Å²) < 4.78 is 0. The summed E-state index contributed by atoms with van der Waals surface area (Å²) >= 11 is 3.29. The SMILES string of the molecule is OC1(CBr)CCNCC1. The zero-order valence-electron chi connectivity index (χ0n) is 5.36. The molecule has 0 spiro atoms. The average molecular weight is 194 g/mol. The third-order valence-corrected chi connectivity index (χ3v) is 2.83. The smallest absolute Gasteiger partial charge is 0.0768 e. The molecule has 1 rings (SSSR count). The van der Waals surface area contributed by atoms with Crippen LogP contribution in [0.2, 0.25) is 0 Å². The molecular formula is C6H12BrNO. The highest BCUT2D eigenvalue weighted by Crippen LogP contribution is 2.19. The van der Waals surface area contributed by atoms with Crippen LogP contribution in [0.4, 0.5) is 0 Å². The van der Waals surface area contributed by atoms with E-state index in [2.05, 4.69) is 21.2 Å². The Kier molecular flexibility index (Phi) is 2.50. The molecule has 54 valence electrons. The molecule has 2 N–H and O–H groups in total. The minimum absolute atomic E-state index is 0.425. The van der Waals surface area contributed by atoms with Crippen LogP contribution in [0.25, 0.3) is 0 Å². The number of rotatable bonds is 1. The highest BCUT2D eigenvalue weighted by molar-refractivity contribution is 9.09. The minimum Gasteiger partial charge on any atom is -0.389 e. The van der Waals surface area contributed by atoms with Crippen LogP contribution in [-0.2, 0) is 0 Å². The maximum atomic E-state index is 9.59. The summed E-state index contributed by atoms with van der Waals surface area (Å²) in [6, 6.07) is 0. The first-order valence-electron chi connectivity index (χ1n) is 3.26. The first-order chi connectivity index (χ1) is 4.27. The number of nitrogens with one attached hydrogen (secondary N) is 1. The average Bonchev–Trinajstić information content (AvgIpc) is 1.90. The Labute approximate surface area is 63.8 Å². The molecule has 1 aliphatic heterocycles. The van der Waals surface area contributed by atoms with E-state index in [1.165, 1.54) is 0 Å². The van der Waals surface area contributed by atoms with Crippen LogP contribution < -0.4 is 5.32 Å². The van der Waals surface area contributed by atoms with Crippen molar-refractivity contribution in [2.24, 2.45) is 0 Å². The van der Waals surface area contributed by atoms with Crippen molar-refractivity contribution in [3.8, 4) is 0 Å². The van der Waals surface area contributed by atoms with Gasteiger partial charge in [0.25, 0.3) is 0 Å². The summed E-state index contributed by atoms with van der Waals surface area (Å²) in [6.07, 6.45) is 1.75. The van der Waals surface area contributed by atoms with Gasteiger partial charge in [0.05, 0.1) is 5.60 Å². The number of halogens is 1. The predicted octanol–water partition coefficient (Wildman–Crippen LogP) is 0.496. The third-order valence-electron chi connectivity index (χ3n) is 1.78. The number of piperidine rings is 1. The molecule has 1 fully saturated rings. The summed E-state index contributed by atoms with van der Waals surface area (Å²) in [5.41, 5.74) is -0.425. The van der Waals surface area contributed by atoms with Crippen molar-refractivity contribution in [1.29, 1.82) is 0 Å². The number of hydrogen-bond acceptors (Lipinski definition) is 2. The molecule has 1 aliphatic rings. The molecule has 9 heavy (non-hydrogen) atoms. The maximum Gasteiger partial charge on any atom is 0.0768 e. The van der Waals surface area contributed by atoms with Crippen molar-refractivity contribution < 1.29 is 5.11 Å². The second-order valence-corrected chi connectivity index (χ2v) is 3.17. The zero-order valence-corrected chi connectivity index (χ0v) is 6.95. The number of aliphatic hydroxyl groups is 1. The van der Waals surface area contributed by atoms with Crippen molar-refractivity contribution in [1.82, 2.24) is 5.32 Å². The van der Waals surface area contributed by atoms with Crippen molar-refractivity contribution in [2.45, 2.75) is 18.4 Å². The van der Waals surface area contributed by atoms with Crippen LogP contribution in [0, 0.1) is 0 Å². The topological polar surface area (TPSA) is 32.3 Å². The van der Waals surface area contributed by atoms with E-state index in [9.17, 15) is 5.11 Å². The van der Waals surface area contributed by atoms with E-state index in [-0.39, 0.29) is 0 Å². The molecular weight excluding hydrogens is 182 g/mol. The standard InChI is InChI=1S/C6H12BrNO/c7-5-6(9)1-3-8-4-2-6/h8-9H,1-5H2. The van der Waals surface area contributed by atoms with E-state index in [1.807, 2.05) is 0 Å². The van der Waals surface area contributed by atoms with Gasteiger partial charge in [0.1, 0.15) is 0 Å². The van der Waals surface area contributed by atoms with E-state index < -0.39 is 5.60 Å². The zero-order chi connectivity index (χ0) is 6.74.